The summed E-state index contributed by atoms with van der Waals surface area (Å²) in [6.07, 6.45) is 0. The van der Waals surface area contributed by atoms with E-state index in [4.69, 9.17) is 4.74 Å². The molecule has 0 aliphatic carbocycles. The molecule has 0 N–H and O–H groups in total. The lowest BCUT2D eigenvalue weighted by atomic mass is 9.85. The number of benzene rings is 2. The Kier molecular flexibility index (Phi) is 3.56. The molecule has 3 heteroatoms. The third kappa shape index (κ3) is 2.59. The summed E-state index contributed by atoms with van der Waals surface area (Å²) >= 11 is 3.74. The van der Waals surface area contributed by atoms with Crippen molar-refractivity contribution in [2.24, 2.45) is 0 Å². The number of rotatable bonds is 2. The van der Waals surface area contributed by atoms with Crippen LogP contribution in [0.4, 0.5) is 4.39 Å². The highest BCUT2D eigenvalue weighted by atomic mass is 79.9. The number of alkyl halides is 1. The van der Waals surface area contributed by atoms with Gasteiger partial charge in [0.15, 0.2) is 0 Å². The maximum Gasteiger partial charge on any atom is 0.126 e. The van der Waals surface area contributed by atoms with Gasteiger partial charge in [0.05, 0.1) is 11.4 Å². The van der Waals surface area contributed by atoms with Crippen LogP contribution in [-0.4, -0.2) is 6.61 Å². The normalized spacial score (nSPS) is 17.2. The van der Waals surface area contributed by atoms with Crippen LogP contribution in [0.15, 0.2) is 36.4 Å². The van der Waals surface area contributed by atoms with Crippen molar-refractivity contribution in [3.63, 3.8) is 0 Å². The minimum absolute atomic E-state index is 0.0385. The van der Waals surface area contributed by atoms with Crippen LogP contribution in [0.1, 0.15) is 40.9 Å². The van der Waals surface area contributed by atoms with E-state index >= 15 is 0 Å². The predicted octanol–water partition coefficient (Wildman–Crippen LogP) is 5.29. The van der Waals surface area contributed by atoms with Gasteiger partial charge < -0.3 is 4.74 Å². The summed E-state index contributed by atoms with van der Waals surface area (Å²) in [6.45, 7) is 6.88. The van der Waals surface area contributed by atoms with Crippen LogP contribution >= 0.6 is 15.9 Å². The lowest BCUT2D eigenvalue weighted by Crippen LogP contribution is -2.18. The van der Waals surface area contributed by atoms with E-state index in [0.29, 0.717) is 12.2 Å². The standard InChI is InChI=1S/C18H18BrFO/c1-11-8-12(4-6-15(11)20)17(19)13-5-7-16-14(9-13)18(2,3)10-21-16/h4-9,17H,10H2,1-3H3. The smallest absolute Gasteiger partial charge is 0.126 e. The van der Waals surface area contributed by atoms with E-state index in [0.717, 1.165) is 11.3 Å². The number of hydrogen-bond donors (Lipinski definition) is 0. The molecule has 2 aromatic carbocycles. The summed E-state index contributed by atoms with van der Waals surface area (Å²) in [5, 5.41) is 0. The second kappa shape index (κ2) is 5.13. The van der Waals surface area contributed by atoms with Gasteiger partial charge in [-0.2, -0.15) is 0 Å². The van der Waals surface area contributed by atoms with Crippen molar-refractivity contribution in [2.45, 2.75) is 31.0 Å². The molecule has 1 aliphatic heterocycles. The molecule has 0 bridgehead atoms. The Balaban J connectivity index is 1.99. The van der Waals surface area contributed by atoms with Gasteiger partial charge in [0.1, 0.15) is 11.6 Å². The highest BCUT2D eigenvalue weighted by Gasteiger charge is 2.32. The minimum atomic E-state index is -0.165. The molecule has 0 fully saturated rings. The Morgan fingerprint density at radius 2 is 1.81 bits per heavy atom. The zero-order valence-corrected chi connectivity index (χ0v) is 14.0. The van der Waals surface area contributed by atoms with Crippen LogP contribution in [-0.2, 0) is 5.41 Å². The Bertz CT molecular complexity index is 694. The molecule has 0 saturated heterocycles. The molecule has 1 aliphatic rings. The van der Waals surface area contributed by atoms with Crippen molar-refractivity contribution in [1.29, 1.82) is 0 Å². The Morgan fingerprint density at radius 1 is 1.14 bits per heavy atom. The van der Waals surface area contributed by atoms with Gasteiger partial charge in [-0.05, 0) is 41.8 Å². The monoisotopic (exact) mass is 348 g/mol. The molecule has 0 amide bonds. The minimum Gasteiger partial charge on any atom is -0.492 e. The molecular weight excluding hydrogens is 331 g/mol. The first-order valence-corrected chi connectivity index (χ1v) is 7.97. The lowest BCUT2D eigenvalue weighted by molar-refractivity contribution is 0.291. The van der Waals surface area contributed by atoms with Gasteiger partial charge in [-0.15, -0.1) is 0 Å². The first-order chi connectivity index (χ1) is 9.88. The van der Waals surface area contributed by atoms with Crippen LogP contribution in [0.5, 0.6) is 5.75 Å². The Labute approximate surface area is 133 Å². The number of halogens is 2. The molecule has 0 spiro atoms. The molecular formula is C18H18BrFO. The zero-order chi connectivity index (χ0) is 15.2. The van der Waals surface area contributed by atoms with Crippen LogP contribution in [0.2, 0.25) is 0 Å². The quantitative estimate of drug-likeness (QED) is 0.670. The second-order valence-electron chi connectivity index (χ2n) is 6.30. The number of aryl methyl sites for hydroxylation is 1. The molecule has 110 valence electrons. The molecule has 1 nitrogen and oxygen atoms in total. The maximum atomic E-state index is 13.4. The van der Waals surface area contributed by atoms with Crippen LogP contribution < -0.4 is 4.74 Å². The van der Waals surface area contributed by atoms with Crippen LogP contribution in [0, 0.1) is 12.7 Å². The van der Waals surface area contributed by atoms with Crippen molar-refractivity contribution in [2.75, 3.05) is 6.61 Å². The van der Waals surface area contributed by atoms with Gasteiger partial charge in [0.2, 0.25) is 0 Å². The third-order valence-corrected chi connectivity index (χ3v) is 5.15. The Morgan fingerprint density at radius 3 is 2.52 bits per heavy atom. The summed E-state index contributed by atoms with van der Waals surface area (Å²) in [6, 6.07) is 11.5. The first kappa shape index (κ1) is 14.6. The average Bonchev–Trinajstić information content (AvgIpc) is 2.76. The average molecular weight is 349 g/mol. The van der Waals surface area contributed by atoms with Gasteiger partial charge in [-0.25, -0.2) is 4.39 Å². The molecule has 21 heavy (non-hydrogen) atoms. The molecule has 0 aromatic heterocycles. The van der Waals surface area contributed by atoms with E-state index in [2.05, 4.69) is 41.9 Å². The lowest BCUT2D eigenvalue weighted by Gasteiger charge is -2.18. The number of hydrogen-bond acceptors (Lipinski definition) is 1. The fourth-order valence-electron chi connectivity index (χ4n) is 2.71. The number of ether oxygens (including phenoxy) is 1. The molecule has 3 rings (SSSR count). The topological polar surface area (TPSA) is 9.23 Å². The van der Waals surface area contributed by atoms with Crippen LogP contribution in [0.3, 0.4) is 0 Å². The second-order valence-corrected chi connectivity index (χ2v) is 7.22. The SMILES string of the molecule is Cc1cc(C(Br)c2ccc3c(c2)C(C)(C)CO3)ccc1F. The highest BCUT2D eigenvalue weighted by molar-refractivity contribution is 9.09. The van der Waals surface area contributed by atoms with E-state index < -0.39 is 0 Å². The summed E-state index contributed by atoms with van der Waals surface area (Å²) in [7, 11) is 0. The van der Waals surface area contributed by atoms with Gasteiger partial charge in [0, 0.05) is 11.0 Å². The summed E-state index contributed by atoms with van der Waals surface area (Å²) < 4.78 is 19.1. The van der Waals surface area contributed by atoms with E-state index in [9.17, 15) is 4.39 Å². The van der Waals surface area contributed by atoms with E-state index in [1.807, 2.05) is 18.2 Å². The number of fused-ring (bicyclic) bond motifs is 1. The largest absolute Gasteiger partial charge is 0.492 e. The fraction of sp³-hybridized carbons (Fsp3) is 0.333. The fourth-order valence-corrected chi connectivity index (χ4v) is 3.28. The van der Waals surface area contributed by atoms with Crippen molar-refractivity contribution in [3.8, 4) is 5.75 Å². The molecule has 0 radical (unpaired) electrons. The van der Waals surface area contributed by atoms with Crippen molar-refractivity contribution in [1.82, 2.24) is 0 Å². The zero-order valence-electron chi connectivity index (χ0n) is 12.4. The predicted molar refractivity (Wildman–Crippen MR) is 86.9 cm³/mol. The first-order valence-electron chi connectivity index (χ1n) is 7.06. The maximum absolute atomic E-state index is 13.4. The van der Waals surface area contributed by atoms with Crippen LogP contribution in [0.25, 0.3) is 0 Å². The molecule has 1 unspecified atom stereocenters. The molecule has 1 heterocycles. The van der Waals surface area contributed by atoms with Gasteiger partial charge in [-0.1, -0.05) is 48.0 Å². The summed E-state index contributed by atoms with van der Waals surface area (Å²) in [5.74, 6) is 0.806. The van der Waals surface area contributed by atoms with Crippen molar-refractivity contribution in [3.05, 3.63) is 64.5 Å². The highest BCUT2D eigenvalue weighted by Crippen LogP contribution is 2.41. The van der Waals surface area contributed by atoms with Gasteiger partial charge in [-0.3, -0.25) is 0 Å². The van der Waals surface area contributed by atoms with E-state index in [1.54, 1.807) is 6.92 Å². The van der Waals surface area contributed by atoms with Crippen molar-refractivity contribution < 1.29 is 9.13 Å². The molecule has 0 saturated carbocycles. The summed E-state index contributed by atoms with van der Waals surface area (Å²) in [4.78, 5) is 0.0542. The van der Waals surface area contributed by atoms with Gasteiger partial charge >= 0.3 is 0 Å². The van der Waals surface area contributed by atoms with E-state index in [1.165, 1.54) is 17.2 Å². The molecule has 1 atom stereocenters. The third-order valence-electron chi connectivity index (χ3n) is 4.09. The Hall–Kier alpha value is -1.35. The van der Waals surface area contributed by atoms with Crippen molar-refractivity contribution >= 4 is 15.9 Å². The summed E-state index contributed by atoms with van der Waals surface area (Å²) in [5.41, 5.74) is 4.17. The van der Waals surface area contributed by atoms with E-state index in [-0.39, 0.29) is 16.1 Å². The van der Waals surface area contributed by atoms with Gasteiger partial charge in [0.25, 0.3) is 0 Å². The molecule has 2 aromatic rings.